The van der Waals surface area contributed by atoms with E-state index < -0.39 is 17.4 Å². The lowest BCUT2D eigenvalue weighted by atomic mass is 9.95. The Morgan fingerprint density at radius 3 is 2.50 bits per heavy atom. The Balaban J connectivity index is 2.43. The van der Waals surface area contributed by atoms with Gasteiger partial charge in [-0.25, -0.2) is 0 Å². The fourth-order valence-electron chi connectivity index (χ4n) is 2.88. The van der Waals surface area contributed by atoms with Crippen molar-refractivity contribution in [2.75, 3.05) is 17.2 Å². The molecule has 0 fully saturated rings. The minimum Gasteiger partial charge on any atom is -0.394 e. The molecule has 34 heavy (non-hydrogen) atoms. The van der Waals surface area contributed by atoms with Crippen LogP contribution in [0.15, 0.2) is 29.1 Å². The Morgan fingerprint density at radius 1 is 1.26 bits per heavy atom. The molecule has 0 aliphatic heterocycles. The number of aliphatic hydroxyl groups excluding tert-OH is 1. The number of benzene rings is 1. The average Bonchev–Trinajstić information content (AvgIpc) is 3.11. The van der Waals surface area contributed by atoms with E-state index in [0.29, 0.717) is 22.3 Å². The second kappa shape index (κ2) is 11.6. The van der Waals surface area contributed by atoms with Gasteiger partial charge >= 0.3 is 0 Å². The van der Waals surface area contributed by atoms with Gasteiger partial charge in [0.15, 0.2) is 5.57 Å². The lowest BCUT2D eigenvalue weighted by Gasteiger charge is -2.18. The van der Waals surface area contributed by atoms with Crippen LogP contribution < -0.4 is 30.7 Å². The Bertz CT molecular complexity index is 1260. The summed E-state index contributed by atoms with van der Waals surface area (Å²) in [6.07, 6.45) is 2.02. The summed E-state index contributed by atoms with van der Waals surface area (Å²) in [5.41, 5.74) is 0.218. The highest BCUT2D eigenvalue weighted by atomic mass is 32.1. The molecule has 1 aromatic carbocycles. The van der Waals surface area contributed by atoms with E-state index in [-0.39, 0.29) is 34.9 Å². The lowest BCUT2D eigenvalue weighted by Crippen LogP contribution is -2.40. The largest absolute Gasteiger partial charge is 0.394 e. The van der Waals surface area contributed by atoms with E-state index in [1.165, 1.54) is 10.8 Å². The predicted octanol–water partition coefficient (Wildman–Crippen LogP) is 1.33. The molecule has 0 radical (unpaired) electrons. The first kappa shape index (κ1) is 26.8. The van der Waals surface area contributed by atoms with Gasteiger partial charge in [-0.2, -0.15) is 5.26 Å². The molecule has 1 heterocycles. The number of hydrogen-bond donors (Lipinski definition) is 4. The van der Waals surface area contributed by atoms with Crippen LogP contribution in [-0.2, 0) is 16.1 Å². The number of carbonyl (C=O) groups excluding carboxylic acids is 2. The summed E-state index contributed by atoms with van der Waals surface area (Å²) in [5.74, 6) is -0.750. The fraction of sp³-hybridized carbons (Fsp3) is 0.417. The lowest BCUT2D eigenvalue weighted by molar-refractivity contribution is -0.123. The number of nitrogens with one attached hydrogen (secondary N) is 3. The molecule has 1 aromatic heterocycles. The summed E-state index contributed by atoms with van der Waals surface area (Å²) in [6, 6.07) is 8.50. The molecule has 4 N–H and O–H groups in total. The Labute approximate surface area is 202 Å². The molecule has 0 bridgehead atoms. The number of nitriles is 1. The van der Waals surface area contributed by atoms with Crippen molar-refractivity contribution in [3.8, 4) is 6.07 Å². The van der Waals surface area contributed by atoms with Gasteiger partial charge in [0.25, 0.3) is 11.5 Å². The maximum Gasteiger partial charge on any atom is 0.270 e. The van der Waals surface area contributed by atoms with Gasteiger partial charge < -0.3 is 21.1 Å². The summed E-state index contributed by atoms with van der Waals surface area (Å²) in [6.45, 7) is 9.07. The monoisotopic (exact) mass is 485 g/mol. The first-order chi connectivity index (χ1) is 16.0. The highest BCUT2D eigenvalue weighted by molar-refractivity contribution is 7.07. The summed E-state index contributed by atoms with van der Waals surface area (Å²) in [7, 11) is 0. The maximum atomic E-state index is 12.9. The van der Waals surface area contributed by atoms with Crippen molar-refractivity contribution < 1.29 is 14.7 Å². The van der Waals surface area contributed by atoms with Gasteiger partial charge in [-0.1, -0.05) is 33.8 Å². The second-order valence-electron chi connectivity index (χ2n) is 8.64. The van der Waals surface area contributed by atoms with Crippen LogP contribution in [0.5, 0.6) is 0 Å². The molecule has 2 aromatic rings. The van der Waals surface area contributed by atoms with Crippen LogP contribution in [-0.4, -0.2) is 34.1 Å². The molecule has 2 amide bonds. The summed E-state index contributed by atoms with van der Waals surface area (Å²) < 4.78 is 1.94. The van der Waals surface area contributed by atoms with Crippen molar-refractivity contribution in [2.24, 2.45) is 5.41 Å². The molecule has 2 rings (SSSR count). The van der Waals surface area contributed by atoms with Crippen LogP contribution in [0, 0.1) is 16.7 Å². The number of carbonyl (C=O) groups is 2. The van der Waals surface area contributed by atoms with Crippen molar-refractivity contribution in [3.63, 3.8) is 0 Å². The van der Waals surface area contributed by atoms with E-state index in [2.05, 4.69) is 16.0 Å². The quantitative estimate of drug-likeness (QED) is 0.445. The third-order valence-electron chi connectivity index (χ3n) is 5.00. The number of thiazole rings is 1. The average molecular weight is 486 g/mol. The molecular formula is C24H31N5O4S. The van der Waals surface area contributed by atoms with Crippen LogP contribution in [0.2, 0.25) is 0 Å². The van der Waals surface area contributed by atoms with Crippen molar-refractivity contribution in [2.45, 2.75) is 53.6 Å². The Kier molecular flexibility index (Phi) is 9.18. The number of nitrogens with zero attached hydrogens (tertiary/aromatic N) is 2. The minimum atomic E-state index is -0.631. The SMILES string of the molecule is CC[C@@H](CO)NC(=O)/C(C#N)=c1\s/c(=C/Nc2cccc(NC(=O)C(C)(C)C)c2)c(=O)n1CC. The highest BCUT2D eigenvalue weighted by Gasteiger charge is 2.21. The zero-order valence-corrected chi connectivity index (χ0v) is 20.9. The van der Waals surface area contributed by atoms with Crippen LogP contribution in [0.3, 0.4) is 0 Å². The Morgan fingerprint density at radius 2 is 1.94 bits per heavy atom. The smallest absolute Gasteiger partial charge is 0.270 e. The standard InChI is InChI=1S/C24H31N5O4S/c1-6-15(14-30)27-20(31)18(12-25)22-29(7-2)21(32)19(34-22)13-26-16-9-8-10-17(11-16)28-23(33)24(3,4)5/h8-11,13,15,26,30H,6-7,14H2,1-5H3,(H,27,31)(H,28,33)/b19-13+,22-18-/t15-/m0/s1. The molecule has 0 aliphatic rings. The highest BCUT2D eigenvalue weighted by Crippen LogP contribution is 2.20. The van der Waals surface area contributed by atoms with Crippen molar-refractivity contribution >= 4 is 46.3 Å². The topological polar surface area (TPSA) is 136 Å². The molecule has 10 heteroatoms. The van der Waals surface area contributed by atoms with Gasteiger partial charge in [-0.3, -0.25) is 19.0 Å². The normalized spacial score (nSPS) is 13.6. The van der Waals surface area contributed by atoms with Crippen LogP contribution in [0.1, 0.15) is 41.0 Å². The van der Waals surface area contributed by atoms with E-state index in [1.54, 1.807) is 31.2 Å². The molecular weight excluding hydrogens is 454 g/mol. The number of rotatable bonds is 8. The van der Waals surface area contributed by atoms with Gasteiger partial charge in [-0.05, 0) is 31.5 Å². The van der Waals surface area contributed by atoms with Crippen LogP contribution in [0.25, 0.3) is 11.8 Å². The first-order valence-corrected chi connectivity index (χ1v) is 11.8. The van der Waals surface area contributed by atoms with Gasteiger partial charge in [0.05, 0.1) is 12.6 Å². The second-order valence-corrected chi connectivity index (χ2v) is 9.67. The minimum absolute atomic E-state index is 0.119. The molecule has 0 saturated heterocycles. The van der Waals surface area contributed by atoms with Crippen LogP contribution in [0.4, 0.5) is 11.4 Å². The molecule has 0 aliphatic carbocycles. The third-order valence-corrected chi connectivity index (χ3v) is 6.13. The number of anilines is 2. The summed E-state index contributed by atoms with van der Waals surface area (Å²) in [4.78, 5) is 37.7. The number of hydrogen-bond acceptors (Lipinski definition) is 7. The summed E-state index contributed by atoms with van der Waals surface area (Å²) in [5, 5.41) is 27.5. The Hall–Kier alpha value is -3.42. The molecule has 0 spiro atoms. The van der Waals surface area contributed by atoms with Crippen molar-refractivity contribution in [1.29, 1.82) is 5.26 Å². The van der Waals surface area contributed by atoms with Gasteiger partial charge in [0.1, 0.15) is 15.3 Å². The van der Waals surface area contributed by atoms with E-state index >= 15 is 0 Å². The zero-order chi connectivity index (χ0) is 25.5. The van der Waals surface area contributed by atoms with E-state index in [9.17, 15) is 24.8 Å². The van der Waals surface area contributed by atoms with Crippen molar-refractivity contribution in [1.82, 2.24) is 9.88 Å². The van der Waals surface area contributed by atoms with Gasteiger partial charge in [0, 0.05) is 29.5 Å². The molecule has 0 unspecified atom stereocenters. The van der Waals surface area contributed by atoms with E-state index in [1.807, 2.05) is 33.8 Å². The van der Waals surface area contributed by atoms with Crippen molar-refractivity contribution in [3.05, 3.63) is 43.8 Å². The zero-order valence-electron chi connectivity index (χ0n) is 20.1. The molecule has 9 nitrogen and oxygen atoms in total. The first-order valence-electron chi connectivity index (χ1n) is 11.0. The third kappa shape index (κ3) is 6.56. The van der Waals surface area contributed by atoms with E-state index in [4.69, 9.17) is 0 Å². The number of amides is 2. The molecule has 1 atom stereocenters. The van der Waals surface area contributed by atoms with Gasteiger partial charge in [0.2, 0.25) is 5.91 Å². The molecule has 182 valence electrons. The number of aliphatic hydroxyl groups is 1. The maximum absolute atomic E-state index is 12.9. The van der Waals surface area contributed by atoms with Gasteiger partial charge in [-0.15, -0.1) is 11.3 Å². The predicted molar refractivity (Wildman–Crippen MR) is 134 cm³/mol. The van der Waals surface area contributed by atoms with E-state index in [0.717, 1.165) is 11.3 Å². The van der Waals surface area contributed by atoms with Crippen LogP contribution >= 0.6 is 11.3 Å². The fourth-order valence-corrected chi connectivity index (χ4v) is 3.96. The molecule has 0 saturated carbocycles. The summed E-state index contributed by atoms with van der Waals surface area (Å²) >= 11 is 1.03. The number of aromatic nitrogens is 1.